The second-order valence-corrected chi connectivity index (χ2v) is 10.3. The van der Waals surface area contributed by atoms with Gasteiger partial charge in [-0.15, -0.1) is 0 Å². The number of ether oxygens (including phenoxy) is 2. The van der Waals surface area contributed by atoms with Gasteiger partial charge in [-0.25, -0.2) is 0 Å². The molecule has 0 radical (unpaired) electrons. The lowest BCUT2D eigenvalue weighted by molar-refractivity contribution is -0.140. The molecule has 2 aromatic carbocycles. The molecule has 0 bridgehead atoms. The van der Waals surface area contributed by atoms with Gasteiger partial charge in [-0.05, 0) is 36.8 Å². The van der Waals surface area contributed by atoms with E-state index in [1.165, 1.54) is 31.4 Å². The first-order valence-corrected chi connectivity index (χ1v) is 12.7. The number of methoxy groups -OCH3 is 2. The summed E-state index contributed by atoms with van der Waals surface area (Å²) in [5.74, 6) is 1.21. The molecule has 3 aromatic rings. The monoisotopic (exact) mass is 502 g/mol. The lowest BCUT2D eigenvalue weighted by atomic mass is 10.1. The second-order valence-electron chi connectivity index (χ2n) is 10.3. The molecule has 1 unspecified atom stereocenters. The number of carbonyl (C=O) groups excluding carboxylic acids is 3. The third-order valence-corrected chi connectivity index (χ3v) is 7.92. The van der Waals surface area contributed by atoms with Gasteiger partial charge in [-0.3, -0.25) is 19.1 Å². The quantitative estimate of drug-likeness (QED) is 0.475. The molecule has 192 valence electrons. The molecule has 2 heterocycles. The fourth-order valence-corrected chi connectivity index (χ4v) is 5.84. The highest BCUT2D eigenvalue weighted by Crippen LogP contribution is 2.48. The van der Waals surface area contributed by atoms with E-state index in [9.17, 15) is 14.4 Å². The predicted octanol–water partition coefficient (Wildman–Crippen LogP) is 2.92. The van der Waals surface area contributed by atoms with E-state index >= 15 is 0 Å². The molecule has 2 aliphatic carbocycles. The highest BCUT2D eigenvalue weighted by atomic mass is 16.5. The fraction of sp³-hybridized carbons (Fsp3) is 0.429. The van der Waals surface area contributed by atoms with Crippen LogP contribution in [0.2, 0.25) is 0 Å². The van der Waals surface area contributed by atoms with Crippen molar-refractivity contribution in [3.8, 4) is 11.5 Å². The molecule has 1 aliphatic heterocycles. The van der Waals surface area contributed by atoms with E-state index in [0.717, 1.165) is 12.8 Å². The van der Waals surface area contributed by atoms with Gasteiger partial charge in [-0.1, -0.05) is 30.3 Å². The maximum Gasteiger partial charge on any atom is 0.245 e. The Bertz CT molecular complexity index is 1400. The van der Waals surface area contributed by atoms with E-state index in [1.54, 1.807) is 17.0 Å². The maximum atomic E-state index is 13.6. The number of fused-ring (bicyclic) bond motifs is 2. The summed E-state index contributed by atoms with van der Waals surface area (Å²) in [5, 5.41) is 8.25. The molecule has 1 saturated heterocycles. The topological polar surface area (TPSA) is 103 Å². The van der Waals surface area contributed by atoms with Gasteiger partial charge < -0.3 is 19.7 Å². The standard InChI is InChI=1S/C28H30N4O5/c1-15(33)27-19-12-24(36-2)25(37-3)13-22(19)31(30-27)14-26(34)32-21-9-17(21)10-23(32)28(35)29-20-11-18(20)16-7-5-4-6-8-16/h4-8,12-13,17-18,20-21,23H,9-11,14H2,1-3H3,(H,29,35)/t17-,18+,20-,21?,23+/m1/s1. The molecule has 2 amide bonds. The average molecular weight is 503 g/mol. The number of piperidine rings is 1. The Hall–Kier alpha value is -3.88. The highest BCUT2D eigenvalue weighted by Gasteiger charge is 2.56. The number of amides is 2. The Morgan fingerprint density at radius 3 is 2.46 bits per heavy atom. The van der Waals surface area contributed by atoms with Crippen LogP contribution in [0.15, 0.2) is 42.5 Å². The van der Waals surface area contributed by atoms with Crippen LogP contribution in [0.25, 0.3) is 10.9 Å². The highest BCUT2D eigenvalue weighted by molar-refractivity contribution is 6.06. The Morgan fingerprint density at radius 1 is 1.03 bits per heavy atom. The molecule has 1 N–H and O–H groups in total. The van der Waals surface area contributed by atoms with E-state index < -0.39 is 6.04 Å². The van der Waals surface area contributed by atoms with E-state index in [2.05, 4.69) is 22.5 Å². The molecule has 3 aliphatic rings. The molecule has 6 rings (SSSR count). The summed E-state index contributed by atoms with van der Waals surface area (Å²) in [7, 11) is 3.06. The third-order valence-electron chi connectivity index (χ3n) is 7.92. The first kappa shape index (κ1) is 23.5. The van der Waals surface area contributed by atoms with Crippen LogP contribution in [0.5, 0.6) is 11.5 Å². The third kappa shape index (κ3) is 4.12. The van der Waals surface area contributed by atoms with Gasteiger partial charge in [0.15, 0.2) is 17.3 Å². The minimum atomic E-state index is -0.475. The number of nitrogens with zero attached hydrogens (tertiary/aromatic N) is 3. The van der Waals surface area contributed by atoms with Crippen LogP contribution in [0.3, 0.4) is 0 Å². The molecule has 0 spiro atoms. The zero-order valence-electron chi connectivity index (χ0n) is 21.1. The SMILES string of the molecule is COc1cc2c(C(C)=O)nn(CC(=O)N3C4C[C@@H]4C[C@H]3C(=O)N[C@@H]3C[C@H]3c3ccccc3)c2cc1OC. The summed E-state index contributed by atoms with van der Waals surface area (Å²) >= 11 is 0. The average Bonchev–Trinajstić information content (AvgIpc) is 3.78. The summed E-state index contributed by atoms with van der Waals surface area (Å²) in [6.45, 7) is 1.38. The largest absolute Gasteiger partial charge is 0.493 e. The normalized spacial score (nSPS) is 25.5. The van der Waals surface area contributed by atoms with Crippen molar-refractivity contribution in [1.82, 2.24) is 20.0 Å². The molecular formula is C28H30N4O5. The Labute approximate surface area is 214 Å². The van der Waals surface area contributed by atoms with E-state index in [1.807, 2.05) is 18.2 Å². The summed E-state index contributed by atoms with van der Waals surface area (Å²) in [4.78, 5) is 40.9. The number of ketones is 1. The maximum absolute atomic E-state index is 13.6. The summed E-state index contributed by atoms with van der Waals surface area (Å²) in [6.07, 6.45) is 2.53. The van der Waals surface area contributed by atoms with Crippen molar-refractivity contribution in [2.24, 2.45) is 5.92 Å². The molecule has 37 heavy (non-hydrogen) atoms. The number of carbonyl (C=O) groups is 3. The second kappa shape index (κ2) is 8.90. The molecule has 9 nitrogen and oxygen atoms in total. The van der Waals surface area contributed by atoms with Gasteiger partial charge in [0.25, 0.3) is 0 Å². The van der Waals surface area contributed by atoms with Crippen LogP contribution >= 0.6 is 0 Å². The zero-order valence-corrected chi connectivity index (χ0v) is 21.1. The number of Topliss-reactive ketones (excluding diaryl/α,β-unsaturated/α-hetero) is 1. The van der Waals surface area contributed by atoms with Crippen molar-refractivity contribution in [3.05, 3.63) is 53.7 Å². The van der Waals surface area contributed by atoms with Crippen molar-refractivity contribution >= 4 is 28.5 Å². The molecule has 9 heteroatoms. The van der Waals surface area contributed by atoms with Crippen LogP contribution in [0, 0.1) is 5.92 Å². The van der Waals surface area contributed by atoms with Crippen LogP contribution in [-0.4, -0.2) is 64.6 Å². The number of hydrogen-bond donors (Lipinski definition) is 1. The molecule has 2 saturated carbocycles. The van der Waals surface area contributed by atoms with E-state index in [-0.39, 0.29) is 41.9 Å². The first-order chi connectivity index (χ1) is 17.9. The van der Waals surface area contributed by atoms with Gasteiger partial charge in [0.1, 0.15) is 18.3 Å². The van der Waals surface area contributed by atoms with Crippen LogP contribution in [-0.2, 0) is 16.1 Å². The van der Waals surface area contributed by atoms with E-state index in [0.29, 0.717) is 40.7 Å². The fourth-order valence-electron chi connectivity index (χ4n) is 5.84. The van der Waals surface area contributed by atoms with Gasteiger partial charge >= 0.3 is 0 Å². The number of benzene rings is 2. The Balaban J connectivity index is 1.21. The number of likely N-dealkylation sites (tertiary alicyclic amines) is 1. The number of aromatic nitrogens is 2. The van der Waals surface area contributed by atoms with Crippen LogP contribution in [0.4, 0.5) is 0 Å². The van der Waals surface area contributed by atoms with Gasteiger partial charge in [0.2, 0.25) is 11.8 Å². The van der Waals surface area contributed by atoms with Crippen molar-refractivity contribution in [1.29, 1.82) is 0 Å². The lowest BCUT2D eigenvalue weighted by Gasteiger charge is -2.27. The van der Waals surface area contributed by atoms with Crippen LogP contribution in [0.1, 0.15) is 48.2 Å². The zero-order chi connectivity index (χ0) is 25.8. The summed E-state index contributed by atoms with van der Waals surface area (Å²) in [6, 6.07) is 13.4. The van der Waals surface area contributed by atoms with Crippen molar-refractivity contribution in [3.63, 3.8) is 0 Å². The predicted molar refractivity (Wildman–Crippen MR) is 136 cm³/mol. The number of rotatable bonds is 8. The Morgan fingerprint density at radius 2 is 1.76 bits per heavy atom. The van der Waals surface area contributed by atoms with Crippen LogP contribution < -0.4 is 14.8 Å². The minimum Gasteiger partial charge on any atom is -0.493 e. The molecule has 5 atom stereocenters. The minimum absolute atomic E-state index is 0.0671. The van der Waals surface area contributed by atoms with Crippen molar-refractivity contribution in [2.75, 3.05) is 14.2 Å². The smallest absolute Gasteiger partial charge is 0.245 e. The van der Waals surface area contributed by atoms with Crippen molar-refractivity contribution < 1.29 is 23.9 Å². The molecular weight excluding hydrogens is 472 g/mol. The molecule has 1 aromatic heterocycles. The number of hydrogen-bond acceptors (Lipinski definition) is 6. The lowest BCUT2D eigenvalue weighted by Crippen LogP contribution is -2.49. The van der Waals surface area contributed by atoms with E-state index in [4.69, 9.17) is 9.47 Å². The molecule has 3 fully saturated rings. The summed E-state index contributed by atoms with van der Waals surface area (Å²) in [5.41, 5.74) is 2.10. The summed E-state index contributed by atoms with van der Waals surface area (Å²) < 4.78 is 12.4. The first-order valence-electron chi connectivity index (χ1n) is 12.7. The number of nitrogens with one attached hydrogen (secondary N) is 1. The van der Waals surface area contributed by atoms with Gasteiger partial charge in [0, 0.05) is 36.4 Å². The van der Waals surface area contributed by atoms with Crippen molar-refractivity contribution in [2.45, 2.75) is 56.8 Å². The Kier molecular flexibility index (Phi) is 5.66. The van der Waals surface area contributed by atoms with Gasteiger partial charge in [-0.2, -0.15) is 5.10 Å². The van der Waals surface area contributed by atoms with Gasteiger partial charge in [0.05, 0.1) is 19.7 Å².